The Balaban J connectivity index is 1.87. The molecular weight excluding hydrogens is 380 g/mol. The SMILES string of the molecule is CCOC(=O)c1nccc2nn(C(C)c3ccc(OCC(C)(F)F)c(C)c3)cc12. The predicted octanol–water partition coefficient (Wildman–Crippen LogP) is 4.56. The highest BCUT2D eigenvalue weighted by molar-refractivity contribution is 6.01. The van der Waals surface area contributed by atoms with E-state index in [1.807, 2.05) is 26.0 Å². The smallest absolute Gasteiger partial charge is 0.357 e. The number of carbonyl (C=O) groups is 1. The van der Waals surface area contributed by atoms with Crippen molar-refractivity contribution < 1.29 is 23.0 Å². The van der Waals surface area contributed by atoms with Crippen molar-refractivity contribution in [1.82, 2.24) is 14.8 Å². The maximum Gasteiger partial charge on any atom is 0.357 e. The Morgan fingerprint density at radius 2 is 2.07 bits per heavy atom. The number of nitrogens with zero attached hydrogens (tertiary/aromatic N) is 3. The number of benzene rings is 1. The molecule has 2 aromatic heterocycles. The van der Waals surface area contributed by atoms with E-state index in [9.17, 15) is 13.6 Å². The predicted molar refractivity (Wildman–Crippen MR) is 105 cm³/mol. The topological polar surface area (TPSA) is 66.2 Å². The van der Waals surface area contributed by atoms with Crippen molar-refractivity contribution in [1.29, 1.82) is 0 Å². The van der Waals surface area contributed by atoms with Gasteiger partial charge in [0.2, 0.25) is 0 Å². The number of alkyl halides is 2. The number of ether oxygens (including phenoxy) is 2. The van der Waals surface area contributed by atoms with E-state index in [2.05, 4.69) is 10.1 Å². The van der Waals surface area contributed by atoms with E-state index in [0.29, 0.717) is 16.7 Å². The van der Waals surface area contributed by atoms with Crippen LogP contribution in [0.1, 0.15) is 48.4 Å². The molecule has 0 saturated heterocycles. The molecule has 8 heteroatoms. The summed E-state index contributed by atoms with van der Waals surface area (Å²) >= 11 is 0. The summed E-state index contributed by atoms with van der Waals surface area (Å²) in [5, 5.41) is 5.16. The lowest BCUT2D eigenvalue weighted by Crippen LogP contribution is -2.21. The van der Waals surface area contributed by atoms with E-state index >= 15 is 0 Å². The quantitative estimate of drug-likeness (QED) is 0.541. The fraction of sp³-hybridized carbons (Fsp3) is 0.381. The minimum absolute atomic E-state index is 0.155. The second-order valence-corrected chi connectivity index (χ2v) is 6.98. The maximum atomic E-state index is 13.0. The van der Waals surface area contributed by atoms with Gasteiger partial charge in [-0.1, -0.05) is 12.1 Å². The van der Waals surface area contributed by atoms with Crippen molar-refractivity contribution in [2.24, 2.45) is 0 Å². The number of hydrogen-bond acceptors (Lipinski definition) is 5. The van der Waals surface area contributed by atoms with Crippen LogP contribution in [0.25, 0.3) is 10.9 Å². The van der Waals surface area contributed by atoms with Gasteiger partial charge in [-0.25, -0.2) is 18.6 Å². The van der Waals surface area contributed by atoms with Gasteiger partial charge in [-0.05, 0) is 44.0 Å². The number of aromatic nitrogens is 3. The monoisotopic (exact) mass is 403 g/mol. The molecule has 0 amide bonds. The number of carbonyl (C=O) groups excluding carboxylic acids is 1. The molecule has 0 radical (unpaired) electrons. The summed E-state index contributed by atoms with van der Waals surface area (Å²) in [7, 11) is 0. The maximum absolute atomic E-state index is 13.0. The number of fused-ring (bicyclic) bond motifs is 1. The number of rotatable bonds is 7. The minimum atomic E-state index is -2.89. The van der Waals surface area contributed by atoms with Crippen LogP contribution in [-0.4, -0.2) is 39.9 Å². The Morgan fingerprint density at radius 3 is 2.72 bits per heavy atom. The standard InChI is InChI=1S/C21H23F2N3O3/c1-5-28-20(27)19-16-11-26(25-17(16)8-9-24-19)14(3)15-6-7-18(13(2)10-15)29-12-21(4,22)23/h6-11,14H,5,12H2,1-4H3. The van der Waals surface area contributed by atoms with Gasteiger partial charge in [0.25, 0.3) is 5.92 Å². The van der Waals surface area contributed by atoms with Crippen LogP contribution in [0.3, 0.4) is 0 Å². The molecule has 3 rings (SSSR count). The summed E-state index contributed by atoms with van der Waals surface area (Å²) in [6.07, 6.45) is 3.28. The molecule has 0 N–H and O–H groups in total. The zero-order valence-corrected chi connectivity index (χ0v) is 16.8. The molecule has 0 aliphatic carbocycles. The Morgan fingerprint density at radius 1 is 1.31 bits per heavy atom. The molecule has 0 aliphatic rings. The van der Waals surface area contributed by atoms with E-state index < -0.39 is 18.5 Å². The Labute approximate surface area is 167 Å². The highest BCUT2D eigenvalue weighted by Gasteiger charge is 2.23. The third-order valence-corrected chi connectivity index (χ3v) is 4.48. The molecule has 0 spiro atoms. The number of aryl methyl sites for hydroxylation is 1. The van der Waals surface area contributed by atoms with Gasteiger partial charge in [-0.2, -0.15) is 5.10 Å². The van der Waals surface area contributed by atoms with Crippen molar-refractivity contribution in [3.63, 3.8) is 0 Å². The van der Waals surface area contributed by atoms with E-state index in [1.54, 1.807) is 29.9 Å². The Hall–Kier alpha value is -3.03. The van der Waals surface area contributed by atoms with Crippen molar-refractivity contribution in [2.75, 3.05) is 13.2 Å². The van der Waals surface area contributed by atoms with Gasteiger partial charge >= 0.3 is 5.97 Å². The molecule has 3 aromatic rings. The van der Waals surface area contributed by atoms with Gasteiger partial charge in [-0.15, -0.1) is 0 Å². The number of halogens is 2. The first kappa shape index (κ1) is 20.7. The number of hydrogen-bond donors (Lipinski definition) is 0. The Kier molecular flexibility index (Phi) is 5.81. The molecule has 0 saturated carbocycles. The second kappa shape index (κ2) is 8.14. The first-order valence-corrected chi connectivity index (χ1v) is 9.31. The summed E-state index contributed by atoms with van der Waals surface area (Å²) in [5.74, 6) is -2.96. The summed E-state index contributed by atoms with van der Waals surface area (Å²) in [4.78, 5) is 16.3. The van der Waals surface area contributed by atoms with E-state index in [0.717, 1.165) is 18.1 Å². The first-order chi connectivity index (χ1) is 13.7. The molecular formula is C21H23F2N3O3. The zero-order valence-electron chi connectivity index (χ0n) is 16.8. The van der Waals surface area contributed by atoms with Crippen molar-refractivity contribution in [3.8, 4) is 5.75 Å². The summed E-state index contributed by atoms with van der Waals surface area (Å²) in [6, 6.07) is 6.95. The summed E-state index contributed by atoms with van der Waals surface area (Å²) < 4.78 is 38.1. The van der Waals surface area contributed by atoms with Crippen LogP contribution >= 0.6 is 0 Å². The minimum Gasteiger partial charge on any atom is -0.487 e. The van der Waals surface area contributed by atoms with Crippen molar-refractivity contribution >= 4 is 16.9 Å². The average molecular weight is 403 g/mol. The first-order valence-electron chi connectivity index (χ1n) is 9.31. The van der Waals surface area contributed by atoms with Crippen LogP contribution in [0.2, 0.25) is 0 Å². The van der Waals surface area contributed by atoms with Gasteiger partial charge in [-0.3, -0.25) is 4.68 Å². The molecule has 0 bridgehead atoms. The third-order valence-electron chi connectivity index (χ3n) is 4.48. The summed E-state index contributed by atoms with van der Waals surface area (Å²) in [5.41, 5.74) is 2.54. The molecule has 1 atom stereocenters. The molecule has 2 heterocycles. The van der Waals surface area contributed by atoms with Gasteiger partial charge in [0.05, 0.1) is 23.6 Å². The normalized spacial score (nSPS) is 12.8. The van der Waals surface area contributed by atoms with Crippen molar-refractivity contribution in [2.45, 2.75) is 39.7 Å². The fourth-order valence-corrected chi connectivity index (χ4v) is 2.98. The van der Waals surface area contributed by atoms with Crippen LogP contribution in [0.15, 0.2) is 36.7 Å². The van der Waals surface area contributed by atoms with E-state index in [-0.39, 0.29) is 18.3 Å². The molecule has 154 valence electrons. The average Bonchev–Trinajstić information content (AvgIpc) is 3.10. The number of pyridine rings is 1. The fourth-order valence-electron chi connectivity index (χ4n) is 2.98. The Bertz CT molecular complexity index is 1030. The van der Waals surface area contributed by atoms with Crippen LogP contribution in [0.5, 0.6) is 5.75 Å². The molecule has 6 nitrogen and oxygen atoms in total. The van der Waals surface area contributed by atoms with E-state index in [1.165, 1.54) is 6.20 Å². The molecule has 29 heavy (non-hydrogen) atoms. The highest BCUT2D eigenvalue weighted by Crippen LogP contribution is 2.27. The highest BCUT2D eigenvalue weighted by atomic mass is 19.3. The van der Waals surface area contributed by atoms with Gasteiger partial charge in [0, 0.05) is 19.3 Å². The van der Waals surface area contributed by atoms with Gasteiger partial charge in [0.15, 0.2) is 12.3 Å². The third kappa shape index (κ3) is 4.70. The van der Waals surface area contributed by atoms with Gasteiger partial charge in [0.1, 0.15) is 5.75 Å². The van der Waals surface area contributed by atoms with Crippen LogP contribution in [-0.2, 0) is 4.74 Å². The molecule has 1 aromatic carbocycles. The molecule has 0 fully saturated rings. The lowest BCUT2D eigenvalue weighted by Gasteiger charge is -2.17. The number of esters is 1. The zero-order chi connectivity index (χ0) is 21.2. The van der Waals surface area contributed by atoms with Crippen LogP contribution in [0, 0.1) is 6.92 Å². The molecule has 1 unspecified atom stereocenters. The van der Waals surface area contributed by atoms with E-state index in [4.69, 9.17) is 9.47 Å². The molecule has 0 aliphatic heterocycles. The summed E-state index contributed by atoms with van der Waals surface area (Å²) in [6.45, 7) is 5.91. The lowest BCUT2D eigenvalue weighted by molar-refractivity contribution is -0.0231. The second-order valence-electron chi connectivity index (χ2n) is 6.98. The van der Waals surface area contributed by atoms with Crippen molar-refractivity contribution in [3.05, 3.63) is 53.5 Å². The largest absolute Gasteiger partial charge is 0.487 e. The van der Waals surface area contributed by atoms with Crippen LogP contribution < -0.4 is 4.74 Å². The van der Waals surface area contributed by atoms with Crippen LogP contribution in [0.4, 0.5) is 8.78 Å². The lowest BCUT2D eigenvalue weighted by atomic mass is 10.1. The van der Waals surface area contributed by atoms with Gasteiger partial charge < -0.3 is 9.47 Å².